The highest BCUT2D eigenvalue weighted by Crippen LogP contribution is 2.29. The zero-order chi connectivity index (χ0) is 26.3. The molecule has 0 spiro atoms. The van der Waals surface area contributed by atoms with Crippen LogP contribution in [0.3, 0.4) is 0 Å². The Balaban J connectivity index is 2.44. The number of nitrogens with zero attached hydrogens (tertiary/aromatic N) is 2. The Labute approximate surface area is 218 Å². The largest absolute Gasteiger partial charge is 0.352 e. The molecule has 0 fully saturated rings. The van der Waals surface area contributed by atoms with Gasteiger partial charge in [-0.3, -0.25) is 13.9 Å². The Hall–Kier alpha value is -2.39. The van der Waals surface area contributed by atoms with Gasteiger partial charge in [0.05, 0.1) is 11.9 Å². The number of halogens is 1. The summed E-state index contributed by atoms with van der Waals surface area (Å²) < 4.78 is 27.7. The van der Waals surface area contributed by atoms with Gasteiger partial charge in [0.1, 0.15) is 12.6 Å². The number of rotatable bonds is 11. The first-order valence-corrected chi connectivity index (χ1v) is 14.4. The van der Waals surface area contributed by atoms with E-state index in [0.29, 0.717) is 5.69 Å². The number of nitrogens with one attached hydrogen (secondary N) is 1. The second kappa shape index (κ2) is 12.5. The molecule has 0 heterocycles. The smallest absolute Gasteiger partial charge is 0.244 e. The fourth-order valence-electron chi connectivity index (χ4n) is 3.63. The van der Waals surface area contributed by atoms with Gasteiger partial charge in [-0.15, -0.1) is 0 Å². The minimum absolute atomic E-state index is 0.0416. The molecule has 7 nitrogen and oxygen atoms in total. The van der Waals surface area contributed by atoms with E-state index < -0.39 is 28.5 Å². The highest BCUT2D eigenvalue weighted by Gasteiger charge is 2.31. The Morgan fingerprint density at radius 2 is 1.60 bits per heavy atom. The van der Waals surface area contributed by atoms with Gasteiger partial charge in [0.2, 0.25) is 21.8 Å². The minimum atomic E-state index is -3.77. The van der Waals surface area contributed by atoms with Crippen LogP contribution in [0.2, 0.25) is 0 Å². The molecule has 0 saturated heterocycles. The second-order valence-corrected chi connectivity index (χ2v) is 11.9. The first-order chi connectivity index (χ1) is 16.3. The molecule has 2 atom stereocenters. The average molecular weight is 567 g/mol. The van der Waals surface area contributed by atoms with Gasteiger partial charge < -0.3 is 10.2 Å². The molecule has 1 N–H and O–H groups in total. The lowest BCUT2D eigenvalue weighted by Gasteiger charge is -2.32. The topological polar surface area (TPSA) is 86.8 Å². The highest BCUT2D eigenvalue weighted by atomic mass is 79.9. The maximum atomic E-state index is 13.7. The number of para-hydroxylation sites is 1. The van der Waals surface area contributed by atoms with Crippen molar-refractivity contribution >= 4 is 43.5 Å². The summed E-state index contributed by atoms with van der Waals surface area (Å²) in [7, 11) is -3.77. The van der Waals surface area contributed by atoms with Crippen molar-refractivity contribution in [2.24, 2.45) is 0 Å². The SMILES string of the molecule is CCC(C)NC(=O)C(C)N(Cc1ccc(Br)cc1)C(=O)CN(c1ccccc1C(C)C)S(C)(=O)=O. The van der Waals surface area contributed by atoms with Gasteiger partial charge in [-0.25, -0.2) is 8.42 Å². The molecule has 2 aromatic rings. The number of anilines is 1. The van der Waals surface area contributed by atoms with E-state index in [4.69, 9.17) is 0 Å². The number of carbonyl (C=O) groups excluding carboxylic acids is 2. The van der Waals surface area contributed by atoms with Crippen molar-refractivity contribution < 1.29 is 18.0 Å². The van der Waals surface area contributed by atoms with E-state index in [9.17, 15) is 18.0 Å². The lowest BCUT2D eigenvalue weighted by atomic mass is 10.0. The standard InChI is InChI=1S/C26H36BrN3O4S/c1-7-19(4)28-26(32)20(5)29(16-21-12-14-22(27)15-13-21)25(31)17-30(35(6,33)34)24-11-9-8-10-23(24)18(2)3/h8-15,18-20H,7,16-17H2,1-6H3,(H,28,32). The molecule has 35 heavy (non-hydrogen) atoms. The third kappa shape index (κ3) is 8.07. The molecule has 0 aliphatic heterocycles. The van der Waals surface area contributed by atoms with E-state index in [-0.39, 0.29) is 24.4 Å². The molecule has 2 rings (SSSR count). The van der Waals surface area contributed by atoms with E-state index in [1.165, 1.54) is 4.90 Å². The van der Waals surface area contributed by atoms with Crippen LogP contribution in [0.25, 0.3) is 0 Å². The van der Waals surface area contributed by atoms with Crippen LogP contribution in [0.15, 0.2) is 53.0 Å². The van der Waals surface area contributed by atoms with Crippen molar-refractivity contribution in [3.05, 3.63) is 64.1 Å². The molecular formula is C26H36BrN3O4S. The molecule has 2 amide bonds. The molecule has 0 bridgehead atoms. The maximum Gasteiger partial charge on any atom is 0.244 e. The maximum absolute atomic E-state index is 13.7. The van der Waals surface area contributed by atoms with E-state index >= 15 is 0 Å². The monoisotopic (exact) mass is 565 g/mol. The number of carbonyl (C=O) groups is 2. The second-order valence-electron chi connectivity index (χ2n) is 9.13. The van der Waals surface area contributed by atoms with Crippen molar-refractivity contribution in [2.75, 3.05) is 17.1 Å². The van der Waals surface area contributed by atoms with Gasteiger partial charge in [0.15, 0.2) is 0 Å². The summed E-state index contributed by atoms with van der Waals surface area (Å²) in [6.45, 7) is 9.26. The zero-order valence-electron chi connectivity index (χ0n) is 21.3. The summed E-state index contributed by atoms with van der Waals surface area (Å²) in [5.74, 6) is -0.674. The lowest BCUT2D eigenvalue weighted by molar-refractivity contribution is -0.139. The fraction of sp³-hybridized carbons (Fsp3) is 0.462. The first kappa shape index (κ1) is 28.8. The van der Waals surface area contributed by atoms with Crippen LogP contribution in [0.4, 0.5) is 5.69 Å². The Morgan fingerprint density at radius 3 is 2.14 bits per heavy atom. The molecule has 0 aliphatic carbocycles. The Bertz CT molecular complexity index is 1120. The van der Waals surface area contributed by atoms with Crippen LogP contribution in [-0.4, -0.2) is 50.0 Å². The molecule has 0 radical (unpaired) electrons. The molecule has 0 aromatic heterocycles. The molecule has 9 heteroatoms. The Morgan fingerprint density at radius 1 is 1.00 bits per heavy atom. The number of amides is 2. The third-order valence-corrected chi connectivity index (χ3v) is 7.60. The van der Waals surface area contributed by atoms with E-state index in [1.54, 1.807) is 19.1 Å². The number of hydrogen-bond acceptors (Lipinski definition) is 4. The van der Waals surface area contributed by atoms with Crippen molar-refractivity contribution in [1.29, 1.82) is 0 Å². The summed E-state index contributed by atoms with van der Waals surface area (Å²) in [6.07, 6.45) is 1.85. The first-order valence-electron chi connectivity index (χ1n) is 11.8. The van der Waals surface area contributed by atoms with E-state index in [0.717, 1.165) is 32.6 Å². The predicted molar refractivity (Wildman–Crippen MR) is 145 cm³/mol. The molecule has 0 aliphatic rings. The van der Waals surface area contributed by atoms with Gasteiger partial charge in [0.25, 0.3) is 0 Å². The molecule has 192 valence electrons. The van der Waals surface area contributed by atoms with Crippen LogP contribution in [0.5, 0.6) is 0 Å². The number of sulfonamides is 1. The highest BCUT2D eigenvalue weighted by molar-refractivity contribution is 9.10. The molecule has 0 saturated carbocycles. The van der Waals surface area contributed by atoms with Crippen LogP contribution >= 0.6 is 15.9 Å². The molecule has 2 unspecified atom stereocenters. The quantitative estimate of drug-likeness (QED) is 0.429. The minimum Gasteiger partial charge on any atom is -0.352 e. The van der Waals surface area contributed by atoms with Crippen molar-refractivity contribution in [3.8, 4) is 0 Å². The summed E-state index contributed by atoms with van der Waals surface area (Å²) in [4.78, 5) is 28.1. The third-order valence-electron chi connectivity index (χ3n) is 5.94. The van der Waals surface area contributed by atoms with Crippen LogP contribution in [-0.2, 0) is 26.2 Å². The van der Waals surface area contributed by atoms with Gasteiger partial charge in [0, 0.05) is 17.1 Å². The Kier molecular flexibility index (Phi) is 10.3. The van der Waals surface area contributed by atoms with Crippen LogP contribution < -0.4 is 9.62 Å². The average Bonchev–Trinajstić information content (AvgIpc) is 2.80. The van der Waals surface area contributed by atoms with Gasteiger partial charge >= 0.3 is 0 Å². The van der Waals surface area contributed by atoms with Crippen molar-refractivity contribution in [1.82, 2.24) is 10.2 Å². The molecular weight excluding hydrogens is 530 g/mol. The summed E-state index contributed by atoms with van der Waals surface area (Å²) in [5.41, 5.74) is 2.13. The zero-order valence-corrected chi connectivity index (χ0v) is 23.7. The number of benzene rings is 2. The van der Waals surface area contributed by atoms with Crippen LogP contribution in [0, 0.1) is 0 Å². The number of hydrogen-bond donors (Lipinski definition) is 1. The fourth-order valence-corrected chi connectivity index (χ4v) is 4.77. The van der Waals surface area contributed by atoms with Crippen LogP contribution in [0.1, 0.15) is 58.1 Å². The summed E-state index contributed by atoms with van der Waals surface area (Å²) in [6, 6.07) is 13.8. The normalized spacial score (nSPS) is 13.3. The van der Waals surface area contributed by atoms with Gasteiger partial charge in [-0.05, 0) is 55.5 Å². The summed E-state index contributed by atoms with van der Waals surface area (Å²) in [5, 5.41) is 2.93. The predicted octanol–water partition coefficient (Wildman–Crippen LogP) is 4.67. The van der Waals surface area contributed by atoms with E-state index in [1.807, 2.05) is 64.1 Å². The van der Waals surface area contributed by atoms with E-state index in [2.05, 4.69) is 21.2 Å². The van der Waals surface area contributed by atoms with Crippen molar-refractivity contribution in [2.45, 2.75) is 65.6 Å². The lowest BCUT2D eigenvalue weighted by Crippen LogP contribution is -2.52. The van der Waals surface area contributed by atoms with Gasteiger partial charge in [-0.1, -0.05) is 67.0 Å². The molecule has 2 aromatic carbocycles. The summed E-state index contributed by atoms with van der Waals surface area (Å²) >= 11 is 3.41. The van der Waals surface area contributed by atoms with Crippen molar-refractivity contribution in [3.63, 3.8) is 0 Å². The van der Waals surface area contributed by atoms with Gasteiger partial charge in [-0.2, -0.15) is 0 Å².